The van der Waals surface area contributed by atoms with Gasteiger partial charge in [-0.25, -0.2) is 14.4 Å². The second-order valence-electron chi connectivity index (χ2n) is 14.6. The number of nitrogens with one attached hydrogen (secondary N) is 2. The highest BCUT2D eigenvalue weighted by atomic mass is 19.1. The lowest BCUT2D eigenvalue weighted by Crippen LogP contribution is -2.57. The van der Waals surface area contributed by atoms with E-state index < -0.39 is 5.82 Å². The highest BCUT2D eigenvalue weighted by Crippen LogP contribution is 2.50. The van der Waals surface area contributed by atoms with Crippen molar-refractivity contribution in [2.75, 3.05) is 38.6 Å². The van der Waals surface area contributed by atoms with Crippen molar-refractivity contribution in [3.8, 4) is 34.3 Å². The molecule has 4 fully saturated rings. The van der Waals surface area contributed by atoms with Gasteiger partial charge in [0.05, 0.1) is 29.3 Å². The van der Waals surface area contributed by atoms with Crippen LogP contribution in [0.4, 0.5) is 10.2 Å². The van der Waals surface area contributed by atoms with Crippen LogP contribution in [0.2, 0.25) is 0 Å². The van der Waals surface area contributed by atoms with Gasteiger partial charge in [-0.05, 0) is 91.2 Å². The first-order valence-electron chi connectivity index (χ1n) is 17.6. The summed E-state index contributed by atoms with van der Waals surface area (Å²) in [6.07, 6.45) is 3.48. The van der Waals surface area contributed by atoms with Gasteiger partial charge in [-0.15, -0.1) is 0 Å². The molecule has 1 aliphatic carbocycles. The fraction of sp³-hybridized carbons (Fsp3) is 0.300. The van der Waals surface area contributed by atoms with Crippen LogP contribution in [0.25, 0.3) is 66.1 Å². The number of anilines is 1. The monoisotopic (exact) mass is 677 g/mol. The number of nitrogens with zero attached hydrogens (tertiary/aromatic N) is 7. The molecule has 3 aliphatic heterocycles. The number of pyridine rings is 1. The fourth-order valence-electron chi connectivity index (χ4n) is 8.76. The van der Waals surface area contributed by atoms with Gasteiger partial charge >= 0.3 is 0 Å². The number of halogens is 1. The van der Waals surface area contributed by atoms with E-state index in [4.69, 9.17) is 9.97 Å². The number of aromatic amines is 1. The topological polar surface area (TPSA) is 122 Å². The van der Waals surface area contributed by atoms with Crippen molar-refractivity contribution < 1.29 is 9.50 Å². The molecule has 11 rings (SSSR count). The molecule has 3 unspecified atom stereocenters. The van der Waals surface area contributed by atoms with Crippen LogP contribution in [-0.2, 0) is 6.42 Å². The van der Waals surface area contributed by atoms with Crippen molar-refractivity contribution >= 4 is 49.4 Å². The van der Waals surface area contributed by atoms with Crippen molar-refractivity contribution in [1.82, 2.24) is 34.9 Å². The number of aromatic nitrogens is 5. The van der Waals surface area contributed by atoms with Gasteiger partial charge in [-0.2, -0.15) is 10.4 Å². The molecular weight excluding hydrogens is 642 g/mol. The predicted octanol–water partition coefficient (Wildman–Crippen LogP) is 6.53. The molecule has 0 spiro atoms. The van der Waals surface area contributed by atoms with E-state index >= 15 is 4.39 Å². The largest absolute Gasteiger partial charge is 0.508 e. The molecule has 3 aromatic heterocycles. The Morgan fingerprint density at radius 1 is 1.02 bits per heavy atom. The highest BCUT2D eigenvalue weighted by molar-refractivity contribution is 6.11. The van der Waals surface area contributed by atoms with Crippen molar-refractivity contribution in [2.24, 2.45) is 5.92 Å². The number of likely N-dealkylation sites (N-methyl/N-ethyl adjacent to an activating group) is 1. The molecule has 51 heavy (non-hydrogen) atoms. The highest BCUT2D eigenvalue weighted by Gasteiger charge is 2.49. The second kappa shape index (κ2) is 11.2. The zero-order valence-electron chi connectivity index (χ0n) is 28.4. The maximum atomic E-state index is 17.8. The van der Waals surface area contributed by atoms with Crippen LogP contribution >= 0.6 is 0 Å². The Bertz CT molecular complexity index is 2580. The molecule has 4 aromatic carbocycles. The van der Waals surface area contributed by atoms with Gasteiger partial charge in [0.2, 0.25) is 0 Å². The number of benzene rings is 4. The van der Waals surface area contributed by atoms with E-state index in [0.717, 1.165) is 70.2 Å². The normalized spacial score (nSPS) is 20.1. The summed E-state index contributed by atoms with van der Waals surface area (Å²) in [5.41, 5.74) is 5.48. The standard InChI is InChI=1S/C40H36FN9O/c1-48(2)26-19-49(20-26)40-36-38(50(37-25-15-32(37)43-17-25)39(46-36)23-9-10-31-24(12-23)18-44-47-31)30-14-22(7-5-11-42)33(34(41)35(30)45-40)29-16-27(51)13-21-6-3-4-8-28(21)29/h3-4,6,8-10,12-14,16,18,25-26,32,37,43,51H,5,7,15,17,19-20H2,1-2H3,(H,44,47). The maximum absolute atomic E-state index is 17.8. The van der Waals surface area contributed by atoms with Crippen molar-refractivity contribution in [2.45, 2.75) is 37.4 Å². The predicted molar refractivity (Wildman–Crippen MR) is 197 cm³/mol. The summed E-state index contributed by atoms with van der Waals surface area (Å²) in [6, 6.07) is 22.4. The zero-order chi connectivity index (χ0) is 34.5. The van der Waals surface area contributed by atoms with Gasteiger partial charge in [0.1, 0.15) is 22.6 Å². The van der Waals surface area contributed by atoms with E-state index in [2.05, 4.69) is 62.2 Å². The summed E-state index contributed by atoms with van der Waals surface area (Å²) >= 11 is 0. The Labute approximate surface area is 293 Å². The molecule has 1 saturated carbocycles. The number of fused-ring (bicyclic) bond motifs is 6. The van der Waals surface area contributed by atoms with E-state index in [1.165, 1.54) is 0 Å². The van der Waals surface area contributed by atoms with Crippen molar-refractivity contribution in [3.63, 3.8) is 0 Å². The summed E-state index contributed by atoms with van der Waals surface area (Å²) in [5, 5.41) is 34.9. The van der Waals surface area contributed by atoms with Gasteiger partial charge in [0.15, 0.2) is 11.6 Å². The molecule has 0 radical (unpaired) electrons. The summed E-state index contributed by atoms with van der Waals surface area (Å²) in [7, 11) is 4.16. The Morgan fingerprint density at radius 3 is 2.67 bits per heavy atom. The van der Waals surface area contributed by atoms with Gasteiger partial charge in [-0.1, -0.05) is 24.3 Å². The number of nitriles is 1. The van der Waals surface area contributed by atoms with Gasteiger partial charge in [0, 0.05) is 60.0 Å². The van der Waals surface area contributed by atoms with E-state index in [1.807, 2.05) is 42.6 Å². The smallest absolute Gasteiger partial charge is 0.157 e. The van der Waals surface area contributed by atoms with Crippen molar-refractivity contribution in [3.05, 3.63) is 78.2 Å². The lowest BCUT2D eigenvalue weighted by molar-refractivity contribution is 0.227. The Hall–Kier alpha value is -5.57. The van der Waals surface area contributed by atoms with E-state index in [1.54, 1.807) is 12.1 Å². The van der Waals surface area contributed by atoms with Gasteiger partial charge < -0.3 is 24.8 Å². The number of aromatic hydroxyl groups is 1. The Kier molecular flexibility index (Phi) is 6.66. The molecule has 11 heteroatoms. The average Bonchev–Trinajstić information content (AvgIpc) is 3.91. The molecule has 2 bridgehead atoms. The third kappa shape index (κ3) is 4.49. The molecule has 3 N–H and O–H groups in total. The number of phenols is 1. The Balaban J connectivity index is 1.31. The van der Waals surface area contributed by atoms with Crippen molar-refractivity contribution in [1.29, 1.82) is 5.26 Å². The molecule has 3 saturated heterocycles. The van der Waals surface area contributed by atoms with Crippen LogP contribution in [0.1, 0.15) is 24.4 Å². The molecule has 10 nitrogen and oxygen atoms in total. The van der Waals surface area contributed by atoms with Crippen LogP contribution in [0.15, 0.2) is 66.9 Å². The number of hydrogen-bond donors (Lipinski definition) is 3. The summed E-state index contributed by atoms with van der Waals surface area (Å²) in [6.45, 7) is 2.44. The lowest BCUT2D eigenvalue weighted by Gasteiger charge is -2.43. The average molecular weight is 678 g/mol. The van der Waals surface area contributed by atoms with E-state index in [0.29, 0.717) is 52.3 Å². The number of aryl methyl sites for hydroxylation is 1. The quantitative estimate of drug-likeness (QED) is 0.174. The first kappa shape index (κ1) is 30.3. The number of hydrogen-bond acceptors (Lipinski definition) is 8. The number of imidazole rings is 1. The number of rotatable bonds is 7. The minimum Gasteiger partial charge on any atom is -0.508 e. The van der Waals surface area contributed by atoms with Crippen LogP contribution in [-0.4, -0.2) is 80.6 Å². The molecule has 6 heterocycles. The molecule has 4 aliphatic rings. The van der Waals surface area contributed by atoms with Gasteiger partial charge in [-0.3, -0.25) is 5.10 Å². The van der Waals surface area contributed by atoms with Crippen LogP contribution < -0.4 is 10.2 Å². The number of phenolic OH excluding ortho intramolecular Hbond substituents is 1. The summed E-state index contributed by atoms with van der Waals surface area (Å²) in [5.74, 6) is 1.54. The van der Waals surface area contributed by atoms with E-state index in [-0.39, 0.29) is 23.7 Å². The maximum Gasteiger partial charge on any atom is 0.157 e. The molecule has 0 amide bonds. The lowest BCUT2D eigenvalue weighted by atomic mass is 9.79. The SMILES string of the molecule is CN(C)C1CN(c2nc3c(F)c(-c4cc(O)cc5ccccc45)c(CCC#N)cc3c3c2nc(-c2ccc4[nH]ncc4c2)n3C2C3CNC2C3)C1. The minimum atomic E-state index is -0.451. The second-order valence-corrected chi connectivity index (χ2v) is 14.6. The Morgan fingerprint density at radius 2 is 1.88 bits per heavy atom. The van der Waals surface area contributed by atoms with Crippen LogP contribution in [0.3, 0.4) is 0 Å². The first-order chi connectivity index (χ1) is 24.9. The zero-order valence-corrected chi connectivity index (χ0v) is 28.4. The van der Waals surface area contributed by atoms with Gasteiger partial charge in [0.25, 0.3) is 0 Å². The van der Waals surface area contributed by atoms with Crippen LogP contribution in [0, 0.1) is 23.1 Å². The molecule has 3 atom stereocenters. The summed E-state index contributed by atoms with van der Waals surface area (Å²) < 4.78 is 20.1. The number of H-pyrrole nitrogens is 1. The molecule has 254 valence electrons. The first-order valence-corrected chi connectivity index (χ1v) is 17.6. The molecule has 7 aromatic rings. The third-order valence-corrected chi connectivity index (χ3v) is 11.5. The summed E-state index contributed by atoms with van der Waals surface area (Å²) in [4.78, 5) is 15.0. The third-order valence-electron chi connectivity index (χ3n) is 11.5. The molecular formula is C40H36FN9O. The minimum absolute atomic E-state index is 0.0547. The fourth-order valence-corrected chi connectivity index (χ4v) is 8.76. The van der Waals surface area contributed by atoms with Crippen LogP contribution in [0.5, 0.6) is 5.75 Å². The van der Waals surface area contributed by atoms with E-state index in [9.17, 15) is 10.4 Å².